The van der Waals surface area contributed by atoms with Crippen LogP contribution >= 0.6 is 11.6 Å². The summed E-state index contributed by atoms with van der Waals surface area (Å²) in [6, 6.07) is 6.68. The highest BCUT2D eigenvalue weighted by Gasteiger charge is 2.06. The van der Waals surface area contributed by atoms with Gasteiger partial charge in [0.2, 0.25) is 0 Å². The van der Waals surface area contributed by atoms with Crippen molar-refractivity contribution in [1.29, 1.82) is 0 Å². The van der Waals surface area contributed by atoms with E-state index < -0.39 is 0 Å². The fraction of sp³-hybridized carbons (Fsp3) is 0.385. The van der Waals surface area contributed by atoms with Crippen LogP contribution in [0.3, 0.4) is 0 Å². The zero-order valence-corrected chi connectivity index (χ0v) is 10.7. The Morgan fingerprint density at radius 1 is 1.38 bits per heavy atom. The maximum atomic E-state index is 6.09. The van der Waals surface area contributed by atoms with Crippen LogP contribution in [0.25, 0.3) is 10.9 Å². The van der Waals surface area contributed by atoms with Gasteiger partial charge in [-0.15, -0.1) is 0 Å². The summed E-state index contributed by atoms with van der Waals surface area (Å²) < 4.78 is 0. The minimum atomic E-state index is 0.496. The average molecular weight is 237 g/mol. The van der Waals surface area contributed by atoms with E-state index in [2.05, 4.69) is 36.3 Å². The van der Waals surface area contributed by atoms with Crippen molar-refractivity contribution in [3.8, 4) is 0 Å². The second kappa shape index (κ2) is 4.48. The molecule has 0 radical (unpaired) electrons. The molecule has 0 aliphatic carbocycles. The van der Waals surface area contributed by atoms with Crippen molar-refractivity contribution in [2.24, 2.45) is 0 Å². The molecule has 0 atom stereocenters. The van der Waals surface area contributed by atoms with Gasteiger partial charge in [0.1, 0.15) is 0 Å². The van der Waals surface area contributed by atoms with Gasteiger partial charge >= 0.3 is 0 Å². The maximum Gasteiger partial charge on any atom is 0.0501 e. The topological polar surface area (TPSA) is 27.8 Å². The maximum absolute atomic E-state index is 6.09. The monoisotopic (exact) mass is 236 g/mol. The molecule has 0 aliphatic heterocycles. The fourth-order valence-electron chi connectivity index (χ4n) is 1.79. The van der Waals surface area contributed by atoms with Crippen molar-refractivity contribution in [1.82, 2.24) is 10.3 Å². The molecular formula is C13H17ClN2. The van der Waals surface area contributed by atoms with E-state index in [0.717, 1.165) is 22.6 Å². The summed E-state index contributed by atoms with van der Waals surface area (Å²) in [5, 5.41) is 5.43. The fourth-order valence-corrected chi connectivity index (χ4v) is 1.94. The molecule has 0 aliphatic rings. The molecule has 1 aromatic carbocycles. The van der Waals surface area contributed by atoms with Gasteiger partial charge in [0.05, 0.1) is 5.52 Å². The third-order valence-electron chi connectivity index (χ3n) is 2.75. The molecule has 2 rings (SSSR count). The number of aromatic amines is 1. The number of hydrogen-bond donors (Lipinski definition) is 2. The Bertz CT molecular complexity index is 500. The summed E-state index contributed by atoms with van der Waals surface area (Å²) in [6.45, 7) is 7.19. The summed E-state index contributed by atoms with van der Waals surface area (Å²) in [6.07, 6.45) is 0. The van der Waals surface area contributed by atoms with Crippen molar-refractivity contribution in [3.05, 3.63) is 34.5 Å². The van der Waals surface area contributed by atoms with Crippen molar-refractivity contribution < 1.29 is 0 Å². The molecule has 0 spiro atoms. The van der Waals surface area contributed by atoms with Gasteiger partial charge in [0.15, 0.2) is 0 Å². The Hall–Kier alpha value is -0.990. The van der Waals surface area contributed by atoms with Gasteiger partial charge in [-0.25, -0.2) is 0 Å². The van der Waals surface area contributed by atoms with Crippen molar-refractivity contribution in [3.63, 3.8) is 0 Å². The van der Waals surface area contributed by atoms with E-state index in [1.165, 1.54) is 11.1 Å². The summed E-state index contributed by atoms with van der Waals surface area (Å²) in [5.41, 5.74) is 3.47. The van der Waals surface area contributed by atoms with Gasteiger partial charge in [-0.05, 0) is 24.6 Å². The lowest BCUT2D eigenvalue weighted by atomic mass is 10.2. The Labute approximate surface area is 101 Å². The number of aryl methyl sites for hydroxylation is 1. The highest BCUT2D eigenvalue weighted by molar-refractivity contribution is 6.32. The summed E-state index contributed by atoms with van der Waals surface area (Å²) in [4.78, 5) is 3.41. The highest BCUT2D eigenvalue weighted by atomic mass is 35.5. The van der Waals surface area contributed by atoms with E-state index in [0.29, 0.717) is 6.04 Å². The number of rotatable bonds is 3. The Morgan fingerprint density at radius 3 is 2.81 bits per heavy atom. The molecule has 0 saturated heterocycles. The van der Waals surface area contributed by atoms with E-state index in [-0.39, 0.29) is 0 Å². The first kappa shape index (κ1) is 11.5. The van der Waals surface area contributed by atoms with E-state index >= 15 is 0 Å². The van der Waals surface area contributed by atoms with Gasteiger partial charge in [0, 0.05) is 28.7 Å². The lowest BCUT2D eigenvalue weighted by Gasteiger charge is -2.05. The van der Waals surface area contributed by atoms with Gasteiger partial charge in [-0.3, -0.25) is 0 Å². The molecule has 16 heavy (non-hydrogen) atoms. The van der Waals surface area contributed by atoms with Crippen molar-refractivity contribution in [2.75, 3.05) is 0 Å². The lowest BCUT2D eigenvalue weighted by Crippen LogP contribution is -2.21. The SMILES string of the molecule is Cc1c(Cl)ccc2cc(CNC(C)C)[nH]c12. The number of aromatic nitrogens is 1. The Morgan fingerprint density at radius 2 is 2.12 bits per heavy atom. The molecule has 2 nitrogen and oxygen atoms in total. The minimum Gasteiger partial charge on any atom is -0.357 e. The van der Waals surface area contributed by atoms with E-state index in [1.54, 1.807) is 0 Å². The molecule has 2 N–H and O–H groups in total. The number of H-pyrrole nitrogens is 1. The summed E-state index contributed by atoms with van der Waals surface area (Å²) >= 11 is 6.09. The van der Waals surface area contributed by atoms with Crippen LogP contribution in [-0.4, -0.2) is 11.0 Å². The van der Waals surface area contributed by atoms with Gasteiger partial charge in [-0.2, -0.15) is 0 Å². The minimum absolute atomic E-state index is 0.496. The number of benzene rings is 1. The van der Waals surface area contributed by atoms with Crippen LogP contribution in [0, 0.1) is 6.92 Å². The van der Waals surface area contributed by atoms with Crippen LogP contribution in [0.1, 0.15) is 25.1 Å². The Kier molecular flexibility index (Phi) is 3.22. The number of hydrogen-bond acceptors (Lipinski definition) is 1. The number of fused-ring (bicyclic) bond motifs is 1. The molecule has 1 aromatic heterocycles. The molecule has 2 aromatic rings. The lowest BCUT2D eigenvalue weighted by molar-refractivity contribution is 0.583. The first-order valence-corrected chi connectivity index (χ1v) is 5.96. The van der Waals surface area contributed by atoms with Crippen LogP contribution < -0.4 is 5.32 Å². The standard InChI is InChI=1S/C13H17ClN2/c1-8(2)15-7-11-6-10-4-5-12(14)9(3)13(10)16-11/h4-6,8,15-16H,7H2,1-3H3. The second-order valence-corrected chi connectivity index (χ2v) is 4.87. The van der Waals surface area contributed by atoms with Crippen molar-refractivity contribution >= 4 is 22.5 Å². The first-order chi connectivity index (χ1) is 7.58. The molecule has 0 saturated carbocycles. The van der Waals surface area contributed by atoms with Gasteiger partial charge in [0.25, 0.3) is 0 Å². The molecule has 0 amide bonds. The summed E-state index contributed by atoms with van der Waals surface area (Å²) in [5.74, 6) is 0. The molecular weight excluding hydrogens is 220 g/mol. The molecule has 0 bridgehead atoms. The molecule has 0 fully saturated rings. The molecule has 3 heteroatoms. The third kappa shape index (κ3) is 2.23. The van der Waals surface area contributed by atoms with Crippen molar-refractivity contribution in [2.45, 2.75) is 33.4 Å². The highest BCUT2D eigenvalue weighted by Crippen LogP contribution is 2.25. The largest absolute Gasteiger partial charge is 0.357 e. The zero-order valence-electron chi connectivity index (χ0n) is 9.89. The third-order valence-corrected chi connectivity index (χ3v) is 3.16. The van der Waals surface area contributed by atoms with E-state index in [9.17, 15) is 0 Å². The van der Waals surface area contributed by atoms with Crippen LogP contribution in [0.5, 0.6) is 0 Å². The van der Waals surface area contributed by atoms with E-state index in [4.69, 9.17) is 11.6 Å². The molecule has 86 valence electrons. The smallest absolute Gasteiger partial charge is 0.0501 e. The van der Waals surface area contributed by atoms with Gasteiger partial charge in [-0.1, -0.05) is 31.5 Å². The second-order valence-electron chi connectivity index (χ2n) is 4.47. The molecule has 1 heterocycles. The predicted molar refractivity (Wildman–Crippen MR) is 70.0 cm³/mol. The normalized spacial score (nSPS) is 11.6. The van der Waals surface area contributed by atoms with Crippen LogP contribution in [0.15, 0.2) is 18.2 Å². The summed E-state index contributed by atoms with van der Waals surface area (Å²) in [7, 11) is 0. The Balaban J connectivity index is 2.33. The predicted octanol–water partition coefficient (Wildman–Crippen LogP) is 3.63. The van der Waals surface area contributed by atoms with Gasteiger partial charge < -0.3 is 10.3 Å². The van der Waals surface area contributed by atoms with E-state index in [1.807, 2.05) is 13.0 Å². The zero-order chi connectivity index (χ0) is 11.7. The van der Waals surface area contributed by atoms with Crippen LogP contribution in [0.4, 0.5) is 0 Å². The quantitative estimate of drug-likeness (QED) is 0.837. The molecule has 0 unspecified atom stereocenters. The number of nitrogens with one attached hydrogen (secondary N) is 2. The number of halogens is 1. The first-order valence-electron chi connectivity index (χ1n) is 5.58. The van der Waals surface area contributed by atoms with Crippen LogP contribution in [-0.2, 0) is 6.54 Å². The average Bonchev–Trinajstić information content (AvgIpc) is 2.64. The van der Waals surface area contributed by atoms with Crippen LogP contribution in [0.2, 0.25) is 5.02 Å².